The molecule has 0 N–H and O–H groups in total. The van der Waals surface area contributed by atoms with Crippen molar-refractivity contribution >= 4 is 11.8 Å². The second-order valence-electron chi connectivity index (χ2n) is 6.17. The number of ketones is 1. The molecule has 2 atom stereocenters. The predicted octanol–water partition coefficient (Wildman–Crippen LogP) is 4.02. The quantitative estimate of drug-likeness (QED) is 0.348. The predicted molar refractivity (Wildman–Crippen MR) is 94.2 cm³/mol. The van der Waals surface area contributed by atoms with E-state index >= 15 is 0 Å². The summed E-state index contributed by atoms with van der Waals surface area (Å²) in [6.07, 6.45) is 12.1. The SMILES string of the molecule is C=CC1C[C-]1C(=O)OC1CC[CH-]CC1.C=CC1C[C-]1C(C)=O.[CH3-].[O]=[Co].[O]=[Co]. The van der Waals surface area contributed by atoms with Gasteiger partial charge in [-0.3, -0.25) is 10.7 Å². The number of carbonyl (C=O) groups excluding carboxylic acids is 2. The first-order valence-electron chi connectivity index (χ1n) is 8.34. The summed E-state index contributed by atoms with van der Waals surface area (Å²) in [6.45, 7) is 8.86. The van der Waals surface area contributed by atoms with Crippen molar-refractivity contribution in [2.75, 3.05) is 0 Å². The summed E-state index contributed by atoms with van der Waals surface area (Å²) in [7, 11) is 0. The Balaban J connectivity index is 0. The van der Waals surface area contributed by atoms with Crippen LogP contribution in [-0.2, 0) is 53.4 Å². The molecule has 0 aromatic carbocycles. The van der Waals surface area contributed by atoms with Gasteiger partial charge in [0.15, 0.2) is 5.97 Å². The number of Topliss-reactive ketones (excluding diaryl/α,β-unsaturated/α-hetero) is 1. The van der Waals surface area contributed by atoms with Gasteiger partial charge in [0.1, 0.15) is 0 Å². The summed E-state index contributed by atoms with van der Waals surface area (Å²) in [4.78, 5) is 22.0. The Kier molecular flexibility index (Phi) is 16.7. The van der Waals surface area contributed by atoms with Crippen molar-refractivity contribution < 1.29 is 53.4 Å². The van der Waals surface area contributed by atoms with E-state index in [1.54, 1.807) is 6.92 Å². The number of rotatable bonds is 5. The number of allylic oxidation sites excluding steroid dienone is 2. The molecule has 3 aliphatic rings. The van der Waals surface area contributed by atoms with Crippen molar-refractivity contribution in [2.24, 2.45) is 11.8 Å². The van der Waals surface area contributed by atoms with Crippen molar-refractivity contribution in [3.63, 3.8) is 0 Å². The number of esters is 1. The van der Waals surface area contributed by atoms with Crippen LogP contribution in [0, 0.1) is 37.5 Å². The summed E-state index contributed by atoms with van der Waals surface area (Å²) in [5, 5.41) is 0. The summed E-state index contributed by atoms with van der Waals surface area (Å²) in [5.74, 6) is 2.83. The van der Waals surface area contributed by atoms with E-state index in [2.05, 4.69) is 50.9 Å². The molecule has 3 rings (SSSR count). The average molecular weight is 466 g/mol. The molecule has 0 aromatic rings. The van der Waals surface area contributed by atoms with Crippen LogP contribution in [0.4, 0.5) is 0 Å². The minimum atomic E-state index is -0.0817. The van der Waals surface area contributed by atoms with Crippen molar-refractivity contribution in [1.82, 2.24) is 0 Å². The van der Waals surface area contributed by atoms with E-state index in [-0.39, 0.29) is 25.3 Å². The monoisotopic (exact) mass is 466 g/mol. The van der Waals surface area contributed by atoms with Crippen LogP contribution < -0.4 is 0 Å². The Morgan fingerprint density at radius 2 is 1.44 bits per heavy atom. The van der Waals surface area contributed by atoms with Crippen LogP contribution in [0.15, 0.2) is 25.3 Å². The summed E-state index contributed by atoms with van der Waals surface area (Å²) < 4.78 is 21.3. The number of ether oxygens (including phenoxy) is 1. The molecule has 3 saturated carbocycles. The van der Waals surface area contributed by atoms with Gasteiger partial charge in [-0.05, 0) is 25.5 Å². The Hall–Kier alpha value is -1.03. The Bertz CT molecular complexity index is 475. The summed E-state index contributed by atoms with van der Waals surface area (Å²) >= 11 is 4.62. The number of hydrogen-bond donors (Lipinski definition) is 0. The van der Waals surface area contributed by atoms with Crippen LogP contribution in [0.5, 0.6) is 0 Å². The molecule has 27 heavy (non-hydrogen) atoms. The molecule has 0 saturated heterocycles. The van der Waals surface area contributed by atoms with E-state index in [1.807, 2.05) is 12.2 Å². The Morgan fingerprint density at radius 1 is 1.00 bits per heavy atom. The van der Waals surface area contributed by atoms with Gasteiger partial charge in [0.2, 0.25) is 0 Å². The van der Waals surface area contributed by atoms with Crippen LogP contribution in [-0.4, -0.2) is 17.9 Å². The van der Waals surface area contributed by atoms with E-state index < -0.39 is 0 Å². The van der Waals surface area contributed by atoms with Crippen molar-refractivity contribution in [3.05, 3.63) is 51.0 Å². The fourth-order valence-electron chi connectivity index (χ4n) is 2.69. The second-order valence-corrected chi connectivity index (χ2v) is 6.17. The fourth-order valence-corrected chi connectivity index (χ4v) is 2.69. The zero-order valence-corrected chi connectivity index (χ0v) is 17.9. The van der Waals surface area contributed by atoms with E-state index in [0.717, 1.165) is 50.4 Å². The van der Waals surface area contributed by atoms with Gasteiger partial charge in [-0.2, -0.15) is 31.6 Å². The number of carbonyl (C=O) groups is 2. The first-order valence-corrected chi connectivity index (χ1v) is 9.19. The summed E-state index contributed by atoms with van der Waals surface area (Å²) in [6, 6.07) is 0. The number of hydrogen-bond acceptors (Lipinski definition) is 5. The van der Waals surface area contributed by atoms with Gasteiger partial charge in [0.25, 0.3) is 0 Å². The van der Waals surface area contributed by atoms with Gasteiger partial charge < -0.3 is 29.3 Å². The molecule has 0 aliphatic heterocycles. The molecular formula is C20H28Co2O5-4. The van der Waals surface area contributed by atoms with E-state index in [1.165, 1.54) is 0 Å². The first-order chi connectivity index (χ1) is 12.6. The normalized spacial score (nSPS) is 21.9. The molecule has 160 valence electrons. The maximum atomic E-state index is 11.5. The standard InChI is InChI=1S/C12H16O2.C7H9O.CH3.2Co.2O/c1-2-9-8-11(9)12(13)14-10-6-4-3-5-7-10;1-3-6-4-7(6)5(2)8;;;;;/h2-3,9-10H,1,4-8H2;3,6H,1,4H2,2H3;1H3;;;;/q-2;2*-1;;;;. The zero-order chi connectivity index (χ0) is 20.1. The van der Waals surface area contributed by atoms with Crippen LogP contribution in [0.2, 0.25) is 0 Å². The van der Waals surface area contributed by atoms with Crippen LogP contribution in [0.1, 0.15) is 45.4 Å². The van der Waals surface area contributed by atoms with Gasteiger partial charge in [0, 0.05) is 0 Å². The van der Waals surface area contributed by atoms with Gasteiger partial charge in [0.05, 0.1) is 6.10 Å². The van der Waals surface area contributed by atoms with Crippen LogP contribution in [0.3, 0.4) is 0 Å². The average Bonchev–Trinajstić information content (AvgIpc) is 3.60. The second kappa shape index (κ2) is 16.0. The Labute approximate surface area is 179 Å². The fraction of sp³-hybridized carbons (Fsp3) is 0.500. The van der Waals surface area contributed by atoms with Crippen molar-refractivity contribution in [3.8, 4) is 0 Å². The molecule has 0 spiro atoms. The molecule has 0 bridgehead atoms. The van der Waals surface area contributed by atoms with Crippen LogP contribution in [0.25, 0.3) is 0 Å². The Morgan fingerprint density at radius 3 is 1.78 bits per heavy atom. The van der Waals surface area contributed by atoms with E-state index in [9.17, 15) is 9.59 Å². The van der Waals surface area contributed by atoms with Gasteiger partial charge in [-0.1, -0.05) is 0 Å². The molecule has 2 unspecified atom stereocenters. The third-order valence-electron chi connectivity index (χ3n) is 4.40. The summed E-state index contributed by atoms with van der Waals surface area (Å²) in [5.41, 5.74) is 0. The third kappa shape index (κ3) is 10.8. The first kappa shape index (κ1) is 28.2. The molecule has 0 radical (unpaired) electrons. The topological polar surface area (TPSA) is 77.5 Å². The van der Waals surface area contributed by atoms with E-state index in [0.29, 0.717) is 11.8 Å². The third-order valence-corrected chi connectivity index (χ3v) is 4.40. The molecule has 7 heteroatoms. The molecule has 0 aromatic heterocycles. The molecule has 3 aliphatic carbocycles. The van der Waals surface area contributed by atoms with Crippen LogP contribution >= 0.6 is 0 Å². The molecule has 0 heterocycles. The van der Waals surface area contributed by atoms with Crippen molar-refractivity contribution in [2.45, 2.75) is 51.6 Å². The van der Waals surface area contributed by atoms with Gasteiger partial charge in [-0.15, -0.1) is 31.2 Å². The molecule has 3 fully saturated rings. The minimum absolute atomic E-state index is 0. The molecule has 0 amide bonds. The molecular weight excluding hydrogens is 438 g/mol. The zero-order valence-electron chi connectivity index (χ0n) is 15.8. The maximum absolute atomic E-state index is 11.5. The van der Waals surface area contributed by atoms with E-state index in [4.69, 9.17) is 12.5 Å². The molecule has 5 nitrogen and oxygen atoms in total. The van der Waals surface area contributed by atoms with Gasteiger partial charge >= 0.3 is 39.1 Å². The van der Waals surface area contributed by atoms with Gasteiger partial charge in [-0.25, -0.2) is 0 Å². The van der Waals surface area contributed by atoms with Crippen molar-refractivity contribution in [1.29, 1.82) is 0 Å².